The van der Waals surface area contributed by atoms with Gasteiger partial charge in [0.05, 0.1) is 22.6 Å². The van der Waals surface area contributed by atoms with Crippen LogP contribution in [0, 0.1) is 11.8 Å². The number of rotatable bonds is 2. The van der Waals surface area contributed by atoms with Crippen molar-refractivity contribution in [2.45, 2.75) is 12.5 Å². The summed E-state index contributed by atoms with van der Waals surface area (Å²) in [5, 5.41) is 11.8. The van der Waals surface area contributed by atoms with E-state index in [0.717, 1.165) is 6.42 Å². The summed E-state index contributed by atoms with van der Waals surface area (Å²) in [6.07, 6.45) is 0.858. The van der Waals surface area contributed by atoms with Gasteiger partial charge in [0.1, 0.15) is 0 Å². The van der Waals surface area contributed by atoms with Crippen LogP contribution in [0.2, 0.25) is 10.0 Å². The molecule has 0 bridgehead atoms. The maximum absolute atomic E-state index is 12.4. The fourth-order valence-electron chi connectivity index (χ4n) is 2.79. The predicted octanol–water partition coefficient (Wildman–Crippen LogP) is 1.20. The first kappa shape index (κ1) is 12.8. The number of hydrogen-bond donors (Lipinski definition) is 0. The highest BCUT2D eigenvalue weighted by Gasteiger charge is 2.54. The van der Waals surface area contributed by atoms with Crippen molar-refractivity contribution in [3.8, 4) is 0 Å². The van der Waals surface area contributed by atoms with E-state index < -0.39 is 12.0 Å². The fourth-order valence-corrected chi connectivity index (χ4v) is 3.28. The van der Waals surface area contributed by atoms with Crippen molar-refractivity contribution in [3.05, 3.63) is 33.8 Å². The average Bonchev–Trinajstić information content (AvgIpc) is 2.98. The van der Waals surface area contributed by atoms with Crippen molar-refractivity contribution >= 4 is 35.1 Å². The number of aliphatic carboxylic acids is 1. The molecule has 0 aromatic heterocycles. The zero-order chi connectivity index (χ0) is 13.7. The molecule has 0 unspecified atom stereocenters. The summed E-state index contributed by atoms with van der Waals surface area (Å²) in [5.41, 5.74) is 0.276. The number of nitrogens with zero attached hydrogens (tertiary/aromatic N) is 1. The van der Waals surface area contributed by atoms with E-state index in [0.29, 0.717) is 11.6 Å². The van der Waals surface area contributed by atoms with Crippen molar-refractivity contribution in [2.75, 3.05) is 6.54 Å². The summed E-state index contributed by atoms with van der Waals surface area (Å²) < 4.78 is 0. The smallest absolute Gasteiger partial charge is 0.255 e. The summed E-state index contributed by atoms with van der Waals surface area (Å²) in [4.78, 5) is 24.9. The van der Waals surface area contributed by atoms with Gasteiger partial charge in [0.15, 0.2) is 0 Å². The lowest BCUT2D eigenvalue weighted by Crippen LogP contribution is -2.49. The lowest BCUT2D eigenvalue weighted by molar-refractivity contribution is -0.310. The van der Waals surface area contributed by atoms with Gasteiger partial charge >= 0.3 is 0 Å². The van der Waals surface area contributed by atoms with E-state index in [4.69, 9.17) is 23.2 Å². The Balaban J connectivity index is 1.89. The molecule has 100 valence electrons. The molecule has 3 atom stereocenters. The Morgan fingerprint density at radius 3 is 2.68 bits per heavy atom. The van der Waals surface area contributed by atoms with E-state index in [-0.39, 0.29) is 28.3 Å². The third kappa shape index (κ3) is 2.09. The minimum atomic E-state index is -1.19. The van der Waals surface area contributed by atoms with Crippen LogP contribution < -0.4 is 5.11 Å². The molecule has 1 aliphatic heterocycles. The minimum absolute atomic E-state index is 0.0417. The first-order valence-corrected chi connectivity index (χ1v) is 6.71. The van der Waals surface area contributed by atoms with E-state index in [1.807, 2.05) is 0 Å². The van der Waals surface area contributed by atoms with Gasteiger partial charge in [-0.25, -0.2) is 0 Å². The van der Waals surface area contributed by atoms with Crippen LogP contribution in [0.1, 0.15) is 16.8 Å². The summed E-state index contributed by atoms with van der Waals surface area (Å²) in [6.45, 7) is 0.459. The first-order chi connectivity index (χ1) is 8.99. The first-order valence-electron chi connectivity index (χ1n) is 5.96. The number of hydrogen-bond acceptors (Lipinski definition) is 3. The monoisotopic (exact) mass is 298 g/mol. The number of halogens is 2. The van der Waals surface area contributed by atoms with E-state index in [2.05, 4.69) is 0 Å². The lowest BCUT2D eigenvalue weighted by Gasteiger charge is -2.28. The Bertz CT molecular complexity index is 575. The van der Waals surface area contributed by atoms with Crippen LogP contribution in [0.3, 0.4) is 0 Å². The molecule has 3 rings (SSSR count). The van der Waals surface area contributed by atoms with Gasteiger partial charge in [0.2, 0.25) is 0 Å². The molecule has 4 nitrogen and oxygen atoms in total. The molecule has 1 heterocycles. The van der Waals surface area contributed by atoms with Crippen LogP contribution in [0.4, 0.5) is 0 Å². The largest absolute Gasteiger partial charge is 0.548 e. The molecule has 1 aromatic rings. The van der Waals surface area contributed by atoms with Crippen molar-refractivity contribution in [3.63, 3.8) is 0 Å². The maximum Gasteiger partial charge on any atom is 0.255 e. The summed E-state index contributed by atoms with van der Waals surface area (Å²) in [5.74, 6) is -1.23. The number of carboxylic acid groups (broad SMARTS) is 1. The number of carbonyl (C=O) groups excluding carboxylic acids is 2. The molecule has 0 radical (unpaired) electrons. The van der Waals surface area contributed by atoms with Gasteiger partial charge in [-0.05, 0) is 36.5 Å². The van der Waals surface area contributed by atoms with Crippen molar-refractivity contribution in [1.82, 2.24) is 4.90 Å². The normalized spacial score (nSPS) is 28.1. The summed E-state index contributed by atoms with van der Waals surface area (Å²) in [6, 6.07) is 3.72. The molecule has 19 heavy (non-hydrogen) atoms. The zero-order valence-corrected chi connectivity index (χ0v) is 11.3. The number of piperidine rings is 1. The summed E-state index contributed by atoms with van der Waals surface area (Å²) >= 11 is 11.8. The average molecular weight is 299 g/mol. The second-order valence-electron chi connectivity index (χ2n) is 5.01. The Morgan fingerprint density at radius 2 is 2.05 bits per heavy atom. The molecule has 1 saturated carbocycles. The Morgan fingerprint density at radius 1 is 1.32 bits per heavy atom. The molecule has 1 aliphatic carbocycles. The molecule has 2 fully saturated rings. The Hall–Kier alpha value is -1.26. The topological polar surface area (TPSA) is 60.4 Å². The van der Waals surface area contributed by atoms with Gasteiger partial charge in [0, 0.05) is 11.6 Å². The quantitative estimate of drug-likeness (QED) is 0.824. The van der Waals surface area contributed by atoms with Gasteiger partial charge in [-0.15, -0.1) is 0 Å². The Labute approximate surface area is 119 Å². The lowest BCUT2D eigenvalue weighted by atomic mass is 10.1. The van der Waals surface area contributed by atoms with Crippen molar-refractivity contribution in [2.24, 2.45) is 11.8 Å². The third-order valence-electron chi connectivity index (χ3n) is 3.81. The van der Waals surface area contributed by atoms with Gasteiger partial charge < -0.3 is 14.8 Å². The molecule has 1 aromatic carbocycles. The van der Waals surface area contributed by atoms with Gasteiger partial charge in [-0.2, -0.15) is 0 Å². The van der Waals surface area contributed by atoms with Crippen LogP contribution in [-0.4, -0.2) is 29.4 Å². The number of benzene rings is 1. The SMILES string of the molecule is O=C([O-])[C@H]1[C@H]2C[C@H]2CN1C(=O)c1ccc(Cl)cc1Cl. The van der Waals surface area contributed by atoms with E-state index in [1.165, 1.54) is 17.0 Å². The number of carboxylic acids is 1. The second-order valence-corrected chi connectivity index (χ2v) is 5.85. The molecular weight excluding hydrogens is 289 g/mol. The van der Waals surface area contributed by atoms with Crippen LogP contribution in [0.5, 0.6) is 0 Å². The van der Waals surface area contributed by atoms with Crippen molar-refractivity contribution < 1.29 is 14.7 Å². The molecule has 0 N–H and O–H groups in total. The third-order valence-corrected chi connectivity index (χ3v) is 4.36. The number of carbonyl (C=O) groups is 2. The van der Waals surface area contributed by atoms with E-state index in [1.54, 1.807) is 6.07 Å². The highest BCUT2D eigenvalue weighted by Crippen LogP contribution is 2.49. The molecule has 2 aliphatic rings. The van der Waals surface area contributed by atoms with Gasteiger partial charge in [-0.3, -0.25) is 4.79 Å². The van der Waals surface area contributed by atoms with E-state index in [9.17, 15) is 14.7 Å². The second kappa shape index (κ2) is 4.39. The van der Waals surface area contributed by atoms with Crippen molar-refractivity contribution in [1.29, 1.82) is 0 Å². The predicted molar refractivity (Wildman–Crippen MR) is 67.9 cm³/mol. The summed E-state index contributed by atoms with van der Waals surface area (Å²) in [7, 11) is 0. The molecule has 6 heteroatoms. The maximum atomic E-state index is 12.4. The molecule has 1 saturated heterocycles. The standard InChI is InChI=1S/C13H11Cl2NO3/c14-7-1-2-8(10(15)4-7)12(17)16-5-6-3-9(6)11(16)13(18)19/h1-2,4,6,9,11H,3,5H2,(H,18,19)/p-1/t6-,9-,11+/m0/s1. The van der Waals surface area contributed by atoms with Crippen LogP contribution in [0.25, 0.3) is 0 Å². The molecular formula is C13H10Cl2NO3-. The van der Waals surface area contributed by atoms with Crippen LogP contribution >= 0.6 is 23.2 Å². The van der Waals surface area contributed by atoms with Crippen LogP contribution in [0.15, 0.2) is 18.2 Å². The number of amides is 1. The Kier molecular flexibility index (Phi) is 2.95. The van der Waals surface area contributed by atoms with Gasteiger partial charge in [0.25, 0.3) is 5.91 Å². The van der Waals surface area contributed by atoms with E-state index >= 15 is 0 Å². The molecule has 1 amide bonds. The fraction of sp³-hybridized carbons (Fsp3) is 0.385. The minimum Gasteiger partial charge on any atom is -0.548 e. The van der Waals surface area contributed by atoms with Crippen LogP contribution in [-0.2, 0) is 4.79 Å². The number of fused-ring (bicyclic) bond motifs is 1. The highest BCUT2D eigenvalue weighted by atomic mass is 35.5. The highest BCUT2D eigenvalue weighted by molar-refractivity contribution is 6.36. The zero-order valence-electron chi connectivity index (χ0n) is 9.81. The molecule has 0 spiro atoms. The van der Waals surface area contributed by atoms with Gasteiger partial charge in [-0.1, -0.05) is 23.2 Å². The number of likely N-dealkylation sites (tertiary alicyclic amines) is 1.